The molecule has 1 aliphatic heterocycles. The van der Waals surface area contributed by atoms with Gasteiger partial charge in [0.25, 0.3) is 11.4 Å². The minimum absolute atomic E-state index is 0.177. The maximum atomic E-state index is 13.2. The molecule has 0 amide bonds. The molecule has 1 aliphatic rings. The van der Waals surface area contributed by atoms with E-state index in [1.54, 1.807) is 13.0 Å². The Kier molecular flexibility index (Phi) is 4.02. The van der Waals surface area contributed by atoms with Crippen molar-refractivity contribution < 1.29 is 19.3 Å². The summed E-state index contributed by atoms with van der Waals surface area (Å²) in [6.07, 6.45) is 0. The molecule has 0 aromatic heterocycles. The molecule has 0 unspecified atom stereocenters. The van der Waals surface area contributed by atoms with Gasteiger partial charge in [0.2, 0.25) is 5.71 Å². The quantitative estimate of drug-likeness (QED) is 0.399. The molecule has 1 N–H and O–H groups in total. The van der Waals surface area contributed by atoms with Gasteiger partial charge in [0, 0.05) is 30.2 Å². The Hall–Kier alpha value is -2.84. The van der Waals surface area contributed by atoms with Gasteiger partial charge in [-0.25, -0.2) is 4.39 Å². The summed E-state index contributed by atoms with van der Waals surface area (Å²) >= 11 is 0. The summed E-state index contributed by atoms with van der Waals surface area (Å²) in [7, 11) is 0. The highest BCUT2D eigenvalue weighted by molar-refractivity contribution is 6.01. The summed E-state index contributed by atoms with van der Waals surface area (Å²) in [4.78, 5) is 10.5. The van der Waals surface area contributed by atoms with Gasteiger partial charge >= 0.3 is 0 Å². The molecular weight excluding hydrogens is 329 g/mol. The summed E-state index contributed by atoms with van der Waals surface area (Å²) in [5, 5.41) is 35.5. The molecule has 8 heteroatoms. The van der Waals surface area contributed by atoms with E-state index in [-0.39, 0.29) is 17.0 Å². The van der Waals surface area contributed by atoms with Crippen molar-refractivity contribution in [3.63, 3.8) is 0 Å². The van der Waals surface area contributed by atoms with Gasteiger partial charge < -0.3 is 10.4 Å². The number of hydrogen-bond acceptors (Lipinski definition) is 5. The van der Waals surface area contributed by atoms with Crippen LogP contribution < -0.4 is 0 Å². The molecule has 2 aromatic rings. The lowest BCUT2D eigenvalue weighted by Gasteiger charge is -2.29. The lowest BCUT2D eigenvalue weighted by Crippen LogP contribution is -2.45. The van der Waals surface area contributed by atoms with E-state index in [2.05, 4.69) is 0 Å². The molecular formula is C17H16FN3O4. The highest BCUT2D eigenvalue weighted by atomic mass is 19.1. The van der Waals surface area contributed by atoms with E-state index in [0.29, 0.717) is 10.3 Å². The van der Waals surface area contributed by atoms with Crippen molar-refractivity contribution >= 4 is 11.4 Å². The first-order chi connectivity index (χ1) is 11.8. The van der Waals surface area contributed by atoms with E-state index >= 15 is 0 Å². The molecule has 0 fully saturated rings. The fourth-order valence-electron chi connectivity index (χ4n) is 3.13. The van der Waals surface area contributed by atoms with Crippen molar-refractivity contribution in [2.24, 2.45) is 0 Å². The van der Waals surface area contributed by atoms with E-state index < -0.39 is 22.4 Å². The van der Waals surface area contributed by atoms with Crippen LogP contribution in [-0.4, -0.2) is 31.7 Å². The second-order valence-corrected chi connectivity index (χ2v) is 6.04. The number of hydroxylamine groups is 3. The molecule has 3 rings (SSSR count). The van der Waals surface area contributed by atoms with Crippen LogP contribution in [0.5, 0.6) is 0 Å². The van der Waals surface area contributed by atoms with Crippen molar-refractivity contribution in [1.82, 2.24) is 5.06 Å². The zero-order valence-electron chi connectivity index (χ0n) is 13.6. The molecule has 0 saturated carbocycles. The van der Waals surface area contributed by atoms with Crippen LogP contribution in [0, 0.1) is 21.1 Å². The van der Waals surface area contributed by atoms with Crippen LogP contribution in [0.1, 0.15) is 25.0 Å². The molecule has 2 aromatic carbocycles. The molecule has 0 saturated heterocycles. The maximum absolute atomic E-state index is 13.2. The first-order valence-electron chi connectivity index (χ1n) is 7.60. The van der Waals surface area contributed by atoms with Crippen LogP contribution in [0.3, 0.4) is 0 Å². The lowest BCUT2D eigenvalue weighted by atomic mass is 10.0. The van der Waals surface area contributed by atoms with Gasteiger partial charge in [0.05, 0.1) is 4.92 Å². The highest BCUT2D eigenvalue weighted by Crippen LogP contribution is 2.37. The number of benzene rings is 2. The number of nitro groups is 1. The zero-order valence-corrected chi connectivity index (χ0v) is 13.6. The summed E-state index contributed by atoms with van der Waals surface area (Å²) in [5.74, 6) is -0.435. The van der Waals surface area contributed by atoms with Crippen LogP contribution >= 0.6 is 0 Å². The average molecular weight is 345 g/mol. The van der Waals surface area contributed by atoms with Crippen LogP contribution in [-0.2, 0) is 5.66 Å². The standard InChI is InChI=1S/C17H16FN3O4/c1-11-16(12-6-8-14(18)9-7-12)20(23)17(2,19(11)22)13-4-3-5-15(10-13)21(24)25/h3-11,22H,1-2H3/t11-,17-/m0/s1. The number of non-ortho nitro benzene ring substituents is 1. The third kappa shape index (κ3) is 2.55. The molecule has 2 atom stereocenters. The van der Waals surface area contributed by atoms with E-state index in [9.17, 15) is 24.9 Å². The topological polar surface area (TPSA) is 92.7 Å². The fourth-order valence-corrected chi connectivity index (χ4v) is 3.13. The van der Waals surface area contributed by atoms with Gasteiger partial charge in [-0.1, -0.05) is 6.07 Å². The van der Waals surface area contributed by atoms with Crippen molar-refractivity contribution in [3.8, 4) is 0 Å². The summed E-state index contributed by atoms with van der Waals surface area (Å²) < 4.78 is 13.8. The largest absolute Gasteiger partial charge is 0.622 e. The zero-order chi connectivity index (χ0) is 18.4. The van der Waals surface area contributed by atoms with E-state index in [0.717, 1.165) is 5.06 Å². The second-order valence-electron chi connectivity index (χ2n) is 6.04. The molecule has 0 spiro atoms. The molecule has 0 radical (unpaired) electrons. The summed E-state index contributed by atoms with van der Waals surface area (Å²) in [6, 6.07) is 10.3. The molecule has 1 heterocycles. The Morgan fingerprint density at radius 3 is 2.52 bits per heavy atom. The van der Waals surface area contributed by atoms with Gasteiger partial charge in [-0.15, -0.1) is 5.06 Å². The highest BCUT2D eigenvalue weighted by Gasteiger charge is 2.54. The van der Waals surface area contributed by atoms with Crippen molar-refractivity contribution in [2.45, 2.75) is 25.6 Å². The minimum Gasteiger partial charge on any atom is -0.622 e. The third-order valence-corrected chi connectivity index (χ3v) is 4.57. The Bertz CT molecular complexity index is 868. The first-order valence-corrected chi connectivity index (χ1v) is 7.60. The van der Waals surface area contributed by atoms with Gasteiger partial charge in [0.15, 0.2) is 0 Å². The normalized spacial score (nSPS) is 23.9. The number of hydrogen-bond donors (Lipinski definition) is 1. The summed E-state index contributed by atoms with van der Waals surface area (Å²) in [6.45, 7) is 3.11. The van der Waals surface area contributed by atoms with Crippen LogP contribution in [0.2, 0.25) is 0 Å². The van der Waals surface area contributed by atoms with Gasteiger partial charge in [-0.3, -0.25) is 10.1 Å². The first kappa shape index (κ1) is 17.0. The van der Waals surface area contributed by atoms with E-state index in [4.69, 9.17) is 0 Å². The number of rotatable bonds is 3. The van der Waals surface area contributed by atoms with Crippen molar-refractivity contribution in [3.05, 3.63) is 80.8 Å². The molecule has 0 aliphatic carbocycles. The summed E-state index contributed by atoms with van der Waals surface area (Å²) in [5.41, 5.74) is -0.727. The van der Waals surface area contributed by atoms with E-state index in [1.807, 2.05) is 0 Å². The maximum Gasteiger partial charge on any atom is 0.274 e. The van der Waals surface area contributed by atoms with Gasteiger partial charge in [-0.2, -0.15) is 4.74 Å². The molecule has 7 nitrogen and oxygen atoms in total. The predicted molar refractivity (Wildman–Crippen MR) is 87.7 cm³/mol. The molecule has 0 bridgehead atoms. The Morgan fingerprint density at radius 1 is 1.28 bits per heavy atom. The molecule has 130 valence electrons. The predicted octanol–water partition coefficient (Wildman–Crippen LogP) is 3.00. The SMILES string of the molecule is C[C@H]1C(c2ccc(F)cc2)=[N+]([O-])[C@@](C)(c2cccc([N+](=O)[O-])c2)N1O. The number of halogens is 1. The monoisotopic (exact) mass is 345 g/mol. The number of nitrogens with zero attached hydrogens (tertiary/aromatic N) is 3. The van der Waals surface area contributed by atoms with Crippen molar-refractivity contribution in [2.75, 3.05) is 0 Å². The van der Waals surface area contributed by atoms with Gasteiger partial charge in [-0.05, 0) is 37.3 Å². The average Bonchev–Trinajstić information content (AvgIpc) is 2.78. The van der Waals surface area contributed by atoms with Crippen LogP contribution in [0.25, 0.3) is 0 Å². The Labute approximate surface area is 142 Å². The Balaban J connectivity index is 2.16. The van der Waals surface area contributed by atoms with E-state index in [1.165, 1.54) is 49.4 Å². The van der Waals surface area contributed by atoms with Crippen molar-refractivity contribution in [1.29, 1.82) is 0 Å². The second kappa shape index (κ2) is 5.91. The minimum atomic E-state index is -1.55. The number of nitro benzene ring substituents is 1. The van der Waals surface area contributed by atoms with Gasteiger partial charge in [0.1, 0.15) is 11.9 Å². The fraction of sp³-hybridized carbons (Fsp3) is 0.235. The third-order valence-electron chi connectivity index (χ3n) is 4.57. The van der Waals surface area contributed by atoms with Crippen LogP contribution in [0.15, 0.2) is 48.5 Å². The Morgan fingerprint density at radius 2 is 1.92 bits per heavy atom. The molecule has 25 heavy (non-hydrogen) atoms. The van der Waals surface area contributed by atoms with Crippen LogP contribution in [0.4, 0.5) is 10.1 Å². The lowest BCUT2D eigenvalue weighted by molar-refractivity contribution is -0.595. The smallest absolute Gasteiger partial charge is 0.274 e.